The van der Waals surface area contributed by atoms with Crippen LogP contribution in [0.4, 0.5) is 0 Å². The Kier molecular flexibility index (Phi) is 8.58. The summed E-state index contributed by atoms with van der Waals surface area (Å²) in [6.07, 6.45) is 0. The number of benzene rings is 1. The van der Waals surface area contributed by atoms with E-state index >= 15 is 0 Å². The van der Waals surface area contributed by atoms with Crippen LogP contribution < -0.4 is 0 Å². The summed E-state index contributed by atoms with van der Waals surface area (Å²) in [6.45, 7) is 2.08. The zero-order valence-corrected chi connectivity index (χ0v) is 9.44. The molecule has 0 spiro atoms. The summed E-state index contributed by atoms with van der Waals surface area (Å²) in [7, 11) is -4.67. The second kappa shape index (κ2) is 7.28. The molecule has 0 fully saturated rings. The van der Waals surface area contributed by atoms with Crippen molar-refractivity contribution in [2.75, 3.05) is 0 Å². The molecule has 0 radical (unpaired) electrons. The Morgan fingerprint density at radius 2 is 1.46 bits per heavy atom. The number of rotatable bonds is 0. The Hall–Kier alpha value is -0.144. The molecule has 6 heteroatoms. The average Bonchev–Trinajstić information content (AvgIpc) is 1.85. The molecule has 0 aliphatic heterocycles. The fourth-order valence-corrected chi connectivity index (χ4v) is 0.534. The van der Waals surface area contributed by atoms with Crippen LogP contribution >= 0.6 is 0 Å². The van der Waals surface area contributed by atoms with E-state index in [0.717, 1.165) is 0 Å². The van der Waals surface area contributed by atoms with Crippen molar-refractivity contribution in [3.63, 3.8) is 0 Å². The Morgan fingerprint density at radius 1 is 1.15 bits per heavy atom. The summed E-state index contributed by atoms with van der Waals surface area (Å²) in [5, 5.41) is 0. The minimum absolute atomic E-state index is 0. The molecule has 2 N–H and O–H groups in total. The minimum atomic E-state index is -4.67. The van der Waals surface area contributed by atoms with E-state index in [1.54, 1.807) is 0 Å². The van der Waals surface area contributed by atoms with Gasteiger partial charge in [-0.2, -0.15) is 8.42 Å². The van der Waals surface area contributed by atoms with Gasteiger partial charge in [0.2, 0.25) is 0 Å². The molecule has 0 aromatic heterocycles. The summed E-state index contributed by atoms with van der Waals surface area (Å²) in [6, 6.07) is 10.3. The first-order valence-corrected chi connectivity index (χ1v) is 4.51. The van der Waals surface area contributed by atoms with Crippen molar-refractivity contribution in [3.8, 4) is 0 Å². The molecule has 1 aromatic carbocycles. The monoisotopic (exact) mass is 216 g/mol. The maximum absolute atomic E-state index is 8.74. The smallest absolute Gasteiger partial charge is 1.00 e. The van der Waals surface area contributed by atoms with E-state index in [1.165, 1.54) is 5.56 Å². The van der Waals surface area contributed by atoms with Gasteiger partial charge in [0, 0.05) is 0 Å². The first-order valence-electron chi connectivity index (χ1n) is 3.11. The molecule has 0 unspecified atom stereocenters. The van der Waals surface area contributed by atoms with Gasteiger partial charge in [-0.25, -0.2) is 0 Å². The van der Waals surface area contributed by atoms with Gasteiger partial charge in [-0.3, -0.25) is 9.11 Å². The number of hydrogen-bond acceptors (Lipinski definition) is 2. The van der Waals surface area contributed by atoms with Gasteiger partial charge in [0.15, 0.2) is 0 Å². The second-order valence-electron chi connectivity index (χ2n) is 2.10. The van der Waals surface area contributed by atoms with Crippen molar-refractivity contribution in [2.24, 2.45) is 0 Å². The van der Waals surface area contributed by atoms with Gasteiger partial charge in [-0.05, 0) is 6.92 Å². The molecule has 13 heavy (non-hydrogen) atoms. The second-order valence-corrected chi connectivity index (χ2v) is 3.00. The van der Waals surface area contributed by atoms with Gasteiger partial charge in [0.1, 0.15) is 0 Å². The largest absolute Gasteiger partial charge is 2.00 e. The van der Waals surface area contributed by atoms with Gasteiger partial charge in [0.05, 0.1) is 0 Å². The van der Waals surface area contributed by atoms with Gasteiger partial charge >= 0.3 is 33.5 Å². The molecular weight excluding hydrogens is 204 g/mol. The van der Waals surface area contributed by atoms with Crippen LogP contribution in [0.2, 0.25) is 0 Å². The van der Waals surface area contributed by atoms with Crippen molar-refractivity contribution < 1.29 is 20.4 Å². The third kappa shape index (κ3) is 18.7. The topological polar surface area (TPSA) is 74.6 Å². The van der Waals surface area contributed by atoms with Crippen LogP contribution in [0.5, 0.6) is 0 Å². The Bertz CT molecular complexity index is 309. The van der Waals surface area contributed by atoms with Crippen LogP contribution in [0.15, 0.2) is 30.3 Å². The van der Waals surface area contributed by atoms with E-state index in [0.29, 0.717) is 0 Å². The molecule has 0 aliphatic carbocycles. The third-order valence-corrected chi connectivity index (χ3v) is 0.940. The van der Waals surface area contributed by atoms with Crippen LogP contribution in [0.3, 0.4) is 0 Å². The van der Waals surface area contributed by atoms with E-state index in [1.807, 2.05) is 18.2 Å². The summed E-state index contributed by atoms with van der Waals surface area (Å²) in [5.41, 5.74) is 1.32. The third-order valence-electron chi connectivity index (χ3n) is 0.940. The van der Waals surface area contributed by atoms with Crippen LogP contribution in [-0.2, 0) is 10.4 Å². The van der Waals surface area contributed by atoms with E-state index in [-0.39, 0.29) is 25.9 Å². The summed E-state index contributed by atoms with van der Waals surface area (Å²) < 4.78 is 31.6. The van der Waals surface area contributed by atoms with Crippen molar-refractivity contribution in [1.82, 2.24) is 0 Å². The van der Waals surface area contributed by atoms with Gasteiger partial charge < -0.3 is 2.85 Å². The van der Waals surface area contributed by atoms with Crippen molar-refractivity contribution in [3.05, 3.63) is 35.9 Å². The van der Waals surface area contributed by atoms with Crippen LogP contribution in [-0.4, -0.2) is 40.6 Å². The van der Waals surface area contributed by atoms with Crippen LogP contribution in [0, 0.1) is 6.92 Å². The molecule has 72 valence electrons. The zero-order chi connectivity index (χ0) is 9.61. The fraction of sp³-hybridized carbons (Fsp3) is 0.143. The molecule has 0 atom stereocenters. The van der Waals surface area contributed by atoms with Gasteiger partial charge in [-0.1, -0.05) is 35.9 Å². The van der Waals surface area contributed by atoms with Crippen molar-refractivity contribution >= 4 is 33.5 Å². The van der Waals surface area contributed by atoms with Crippen LogP contribution in [0.25, 0.3) is 0 Å². The van der Waals surface area contributed by atoms with E-state index in [2.05, 4.69) is 19.1 Å². The normalized spacial score (nSPS) is 9.15. The van der Waals surface area contributed by atoms with E-state index in [4.69, 9.17) is 17.5 Å². The standard InChI is InChI=1S/C7H8.Mg.H2O4S.2H/c1-7-5-3-2-4-6-7;;1-5(2,3)4;;/h2-6H,1H3;;(H2,1,2,3,4);;/q;+2;;2*-1. The molecule has 0 amide bonds. The molecule has 4 nitrogen and oxygen atoms in total. The predicted molar refractivity (Wildman–Crippen MR) is 53.3 cm³/mol. The Balaban J connectivity index is -0.0000000701. The number of hydrogen-bond donors (Lipinski definition) is 2. The maximum atomic E-state index is 8.74. The summed E-state index contributed by atoms with van der Waals surface area (Å²) in [4.78, 5) is 0. The summed E-state index contributed by atoms with van der Waals surface area (Å²) >= 11 is 0. The molecule has 1 rings (SSSR count). The van der Waals surface area contributed by atoms with E-state index in [9.17, 15) is 0 Å². The Labute approximate surface area is 96.7 Å². The molecular formula is C7H12MgO4S. The fourth-order valence-electron chi connectivity index (χ4n) is 0.534. The minimum Gasteiger partial charge on any atom is -1.00 e. The molecule has 0 heterocycles. The first-order chi connectivity index (χ1) is 5.39. The SMILES string of the molecule is Cc1ccccc1.O=S(=O)(O)O.[H-].[H-].[Mg+2]. The quantitative estimate of drug-likeness (QED) is 0.505. The predicted octanol–water partition coefficient (Wildman–Crippen LogP) is 1.19. The maximum Gasteiger partial charge on any atom is 2.00 e. The van der Waals surface area contributed by atoms with Gasteiger partial charge in [-0.15, -0.1) is 0 Å². The average molecular weight is 217 g/mol. The van der Waals surface area contributed by atoms with E-state index < -0.39 is 10.4 Å². The number of aryl methyl sites for hydroxylation is 1. The molecule has 0 saturated heterocycles. The van der Waals surface area contributed by atoms with Crippen LogP contribution in [0.1, 0.15) is 8.42 Å². The van der Waals surface area contributed by atoms with Crippen molar-refractivity contribution in [2.45, 2.75) is 6.92 Å². The first kappa shape index (κ1) is 15.3. The van der Waals surface area contributed by atoms with Gasteiger partial charge in [0.25, 0.3) is 0 Å². The molecule has 1 aromatic rings. The summed E-state index contributed by atoms with van der Waals surface area (Å²) in [5.74, 6) is 0. The zero-order valence-electron chi connectivity index (χ0n) is 9.21. The Morgan fingerprint density at radius 3 is 1.62 bits per heavy atom. The molecule has 0 aliphatic rings. The molecule has 0 bridgehead atoms. The molecule has 0 saturated carbocycles. The van der Waals surface area contributed by atoms with Crippen molar-refractivity contribution in [1.29, 1.82) is 0 Å².